The van der Waals surface area contributed by atoms with E-state index >= 15 is 0 Å². The van der Waals surface area contributed by atoms with Crippen molar-refractivity contribution in [1.29, 1.82) is 0 Å². The van der Waals surface area contributed by atoms with Crippen molar-refractivity contribution in [2.75, 3.05) is 37.6 Å². The van der Waals surface area contributed by atoms with Gasteiger partial charge in [-0.1, -0.05) is 48.4 Å². The number of pyridine rings is 1. The molecule has 1 aliphatic heterocycles. The van der Waals surface area contributed by atoms with Crippen LogP contribution in [-0.4, -0.2) is 47.7 Å². The Kier molecular flexibility index (Phi) is 7.31. The van der Waals surface area contributed by atoms with E-state index in [0.29, 0.717) is 5.52 Å². The van der Waals surface area contributed by atoms with Gasteiger partial charge in [-0.2, -0.15) is 0 Å². The summed E-state index contributed by atoms with van der Waals surface area (Å²) in [4.78, 5) is 9.68. The Labute approximate surface area is 190 Å². The van der Waals surface area contributed by atoms with E-state index in [4.69, 9.17) is 11.6 Å². The number of hydrogen-bond acceptors (Lipinski definition) is 4. The number of phenols is 1. The highest BCUT2D eigenvalue weighted by Crippen LogP contribution is 2.29. The molecule has 0 bridgehead atoms. The van der Waals surface area contributed by atoms with Crippen molar-refractivity contribution in [3.05, 3.63) is 64.8 Å². The summed E-state index contributed by atoms with van der Waals surface area (Å²) in [5.41, 5.74) is 4.10. The average Bonchev–Trinajstić information content (AvgIpc) is 3.02. The zero-order valence-electron chi connectivity index (χ0n) is 18.4. The minimum absolute atomic E-state index is 0.265. The second-order valence-corrected chi connectivity index (χ2v) is 8.93. The van der Waals surface area contributed by atoms with Gasteiger partial charge in [0.2, 0.25) is 0 Å². The number of para-hydroxylation sites is 1. The molecule has 1 N–H and O–H groups in total. The van der Waals surface area contributed by atoms with Gasteiger partial charge in [0, 0.05) is 30.7 Å². The van der Waals surface area contributed by atoms with Crippen molar-refractivity contribution in [2.24, 2.45) is 0 Å². The molecule has 2 aromatic carbocycles. The molecule has 2 heterocycles. The van der Waals surface area contributed by atoms with Crippen molar-refractivity contribution in [2.45, 2.75) is 39.0 Å². The molecule has 1 fully saturated rings. The van der Waals surface area contributed by atoms with Crippen molar-refractivity contribution in [3.63, 3.8) is 0 Å². The van der Waals surface area contributed by atoms with Gasteiger partial charge in [-0.25, -0.2) is 4.98 Å². The van der Waals surface area contributed by atoms with Crippen LogP contribution in [0.25, 0.3) is 10.9 Å². The number of phenolic OH excluding ortho intramolecular Hbond substituents is 1. The van der Waals surface area contributed by atoms with Crippen molar-refractivity contribution >= 4 is 28.2 Å². The first-order valence-electron chi connectivity index (χ1n) is 11.4. The predicted molar refractivity (Wildman–Crippen MR) is 130 cm³/mol. The van der Waals surface area contributed by atoms with Crippen LogP contribution in [0.2, 0.25) is 5.02 Å². The first kappa shape index (κ1) is 21.9. The fraction of sp³-hybridized carbons (Fsp3) is 0.423. The summed E-state index contributed by atoms with van der Waals surface area (Å²) < 4.78 is 0. The molecular weight excluding hydrogens is 406 g/mol. The number of aromatic nitrogens is 1. The Balaban J connectivity index is 1.21. The third kappa shape index (κ3) is 5.50. The molecule has 5 heteroatoms. The van der Waals surface area contributed by atoms with Crippen LogP contribution in [0.5, 0.6) is 5.75 Å². The van der Waals surface area contributed by atoms with E-state index in [-0.39, 0.29) is 5.75 Å². The minimum Gasteiger partial charge on any atom is -0.506 e. The lowest BCUT2D eigenvalue weighted by Crippen LogP contribution is -2.31. The molecule has 0 atom stereocenters. The highest BCUT2D eigenvalue weighted by Gasteiger charge is 2.17. The quantitative estimate of drug-likeness (QED) is 0.472. The predicted octanol–water partition coefficient (Wildman–Crippen LogP) is 5.83. The summed E-state index contributed by atoms with van der Waals surface area (Å²) >= 11 is 6.55. The zero-order valence-corrected chi connectivity index (χ0v) is 19.1. The largest absolute Gasteiger partial charge is 0.506 e. The topological polar surface area (TPSA) is 39.6 Å². The lowest BCUT2D eigenvalue weighted by Gasteiger charge is -2.25. The molecule has 31 heavy (non-hydrogen) atoms. The highest BCUT2D eigenvalue weighted by atomic mass is 35.5. The van der Waals surface area contributed by atoms with E-state index in [2.05, 4.69) is 52.0 Å². The van der Waals surface area contributed by atoms with Gasteiger partial charge >= 0.3 is 0 Å². The van der Waals surface area contributed by atoms with Gasteiger partial charge in [0.15, 0.2) is 0 Å². The maximum Gasteiger partial charge on any atom is 0.141 e. The molecule has 164 valence electrons. The number of rotatable bonds is 7. The highest BCUT2D eigenvalue weighted by molar-refractivity contribution is 6.34. The number of unbranched alkanes of at least 4 members (excludes halogenated alkanes) is 2. The van der Waals surface area contributed by atoms with Gasteiger partial charge in [-0.3, -0.25) is 0 Å². The Bertz CT molecular complexity index is 1020. The molecule has 4 rings (SSSR count). The number of halogens is 1. The lowest BCUT2D eigenvalue weighted by atomic mass is 10.1. The van der Waals surface area contributed by atoms with E-state index in [1.54, 1.807) is 6.07 Å². The minimum atomic E-state index is 0.265. The molecule has 1 aromatic heterocycles. The molecule has 0 spiro atoms. The van der Waals surface area contributed by atoms with Gasteiger partial charge in [-0.15, -0.1) is 0 Å². The average molecular weight is 438 g/mol. The Morgan fingerprint density at radius 3 is 2.71 bits per heavy atom. The Hall–Kier alpha value is -2.30. The van der Waals surface area contributed by atoms with Crippen molar-refractivity contribution < 1.29 is 5.11 Å². The van der Waals surface area contributed by atoms with Gasteiger partial charge in [0.1, 0.15) is 11.3 Å². The molecule has 3 aromatic rings. The van der Waals surface area contributed by atoms with Crippen LogP contribution in [-0.2, 0) is 6.42 Å². The van der Waals surface area contributed by atoms with Crippen LogP contribution < -0.4 is 4.90 Å². The van der Waals surface area contributed by atoms with Crippen LogP contribution in [0, 0.1) is 6.92 Å². The summed E-state index contributed by atoms with van der Waals surface area (Å²) in [6.45, 7) is 7.59. The third-order valence-electron chi connectivity index (χ3n) is 6.26. The van der Waals surface area contributed by atoms with Crippen molar-refractivity contribution in [1.82, 2.24) is 9.88 Å². The maximum atomic E-state index is 10.0. The Morgan fingerprint density at radius 1 is 0.935 bits per heavy atom. The molecule has 0 saturated carbocycles. The molecule has 0 radical (unpaired) electrons. The van der Waals surface area contributed by atoms with Gasteiger partial charge in [0.05, 0.1) is 10.7 Å². The van der Waals surface area contributed by atoms with Gasteiger partial charge < -0.3 is 14.9 Å². The number of fused-ring (bicyclic) bond motifs is 1. The number of nitrogens with zero attached hydrogens (tertiary/aromatic N) is 3. The summed E-state index contributed by atoms with van der Waals surface area (Å²) in [5.74, 6) is 0.265. The lowest BCUT2D eigenvalue weighted by molar-refractivity contribution is 0.286. The van der Waals surface area contributed by atoms with Gasteiger partial charge in [-0.05, 0) is 69.5 Å². The maximum absolute atomic E-state index is 10.0. The van der Waals surface area contributed by atoms with E-state index in [0.717, 1.165) is 67.2 Å². The van der Waals surface area contributed by atoms with Crippen LogP contribution in [0.4, 0.5) is 5.69 Å². The summed E-state index contributed by atoms with van der Waals surface area (Å²) in [6, 6.07) is 16.0. The summed E-state index contributed by atoms with van der Waals surface area (Å²) in [6.07, 6.45) is 5.68. The van der Waals surface area contributed by atoms with E-state index in [1.807, 2.05) is 12.1 Å². The van der Waals surface area contributed by atoms with Crippen LogP contribution in [0.3, 0.4) is 0 Å². The first-order chi connectivity index (χ1) is 15.1. The molecule has 1 aliphatic rings. The molecule has 0 unspecified atom stereocenters. The SMILES string of the molecule is Cc1cccc(N2CCCN(CCCCCc3ccc4cccc(O)c4n3)CC2)c1Cl. The summed E-state index contributed by atoms with van der Waals surface area (Å²) in [5, 5.41) is 11.9. The summed E-state index contributed by atoms with van der Waals surface area (Å²) in [7, 11) is 0. The van der Waals surface area contributed by atoms with E-state index in [9.17, 15) is 5.11 Å². The van der Waals surface area contributed by atoms with Crippen LogP contribution in [0.15, 0.2) is 48.5 Å². The second-order valence-electron chi connectivity index (χ2n) is 8.55. The standard InChI is InChI=1S/C26H32ClN3O/c1-20-8-5-11-23(25(20)27)30-17-7-16-29(18-19-30)15-4-2-3-10-22-14-13-21-9-6-12-24(31)26(21)28-22/h5-6,8-9,11-14,31H,2-4,7,10,15-19H2,1H3. The fourth-order valence-corrected chi connectivity index (χ4v) is 4.69. The monoisotopic (exact) mass is 437 g/mol. The van der Waals surface area contributed by atoms with Crippen LogP contribution >= 0.6 is 11.6 Å². The van der Waals surface area contributed by atoms with Crippen LogP contribution in [0.1, 0.15) is 36.9 Å². The molecule has 0 aliphatic carbocycles. The zero-order chi connectivity index (χ0) is 21.6. The molecule has 4 nitrogen and oxygen atoms in total. The normalized spacial score (nSPS) is 15.4. The second kappa shape index (κ2) is 10.3. The molecule has 1 saturated heterocycles. The van der Waals surface area contributed by atoms with Crippen molar-refractivity contribution in [3.8, 4) is 5.75 Å². The smallest absolute Gasteiger partial charge is 0.141 e. The van der Waals surface area contributed by atoms with E-state index in [1.165, 1.54) is 24.9 Å². The van der Waals surface area contributed by atoms with E-state index < -0.39 is 0 Å². The first-order valence-corrected chi connectivity index (χ1v) is 11.8. The molecular formula is C26H32ClN3O. The third-order valence-corrected chi connectivity index (χ3v) is 6.76. The Morgan fingerprint density at radius 2 is 1.81 bits per heavy atom. The number of aromatic hydroxyl groups is 1. The number of hydrogen-bond donors (Lipinski definition) is 1. The number of benzene rings is 2. The van der Waals surface area contributed by atoms with Gasteiger partial charge in [0.25, 0.3) is 0 Å². The fourth-order valence-electron chi connectivity index (χ4n) is 4.44. The molecule has 0 amide bonds. The number of aryl methyl sites for hydroxylation is 2. The number of anilines is 1.